The predicted molar refractivity (Wildman–Crippen MR) is 89.6 cm³/mol. The molecule has 0 radical (unpaired) electrons. The summed E-state index contributed by atoms with van der Waals surface area (Å²) < 4.78 is 51.3. The lowest BCUT2D eigenvalue weighted by atomic mass is 9.95. The largest absolute Gasteiger partial charge is 0.241 e. The van der Waals surface area contributed by atoms with Gasteiger partial charge >= 0.3 is 0 Å². The fourth-order valence-electron chi connectivity index (χ4n) is 3.11. The highest BCUT2D eigenvalue weighted by Gasteiger charge is 2.24. The molecule has 2 aromatic carbocycles. The second-order valence-electron chi connectivity index (χ2n) is 5.81. The monoisotopic (exact) mass is 360 g/mol. The van der Waals surface area contributed by atoms with Crippen LogP contribution in [0.25, 0.3) is 11.1 Å². The van der Waals surface area contributed by atoms with E-state index >= 15 is 0 Å². The van der Waals surface area contributed by atoms with Gasteiger partial charge < -0.3 is 0 Å². The number of nitrogens with zero attached hydrogens (tertiary/aromatic N) is 1. The molecule has 0 aromatic heterocycles. The molecule has 128 valence electrons. The van der Waals surface area contributed by atoms with Crippen LogP contribution in [0.15, 0.2) is 41.3 Å². The van der Waals surface area contributed by atoms with Gasteiger partial charge in [0.1, 0.15) is 16.5 Å². The highest BCUT2D eigenvalue weighted by molar-refractivity contribution is 7.89. The van der Waals surface area contributed by atoms with Crippen LogP contribution < -0.4 is 5.14 Å². The third-order valence-electron chi connectivity index (χ3n) is 4.21. The van der Waals surface area contributed by atoms with Gasteiger partial charge in [0.15, 0.2) is 0 Å². The van der Waals surface area contributed by atoms with E-state index in [0.717, 1.165) is 23.6 Å². The second-order valence-corrected chi connectivity index (χ2v) is 7.34. The van der Waals surface area contributed by atoms with Gasteiger partial charge in [-0.15, -0.1) is 0 Å². The van der Waals surface area contributed by atoms with Crippen molar-refractivity contribution in [3.05, 3.63) is 64.7 Å². The van der Waals surface area contributed by atoms with Crippen LogP contribution in [0.4, 0.5) is 8.78 Å². The van der Waals surface area contributed by atoms with E-state index in [1.807, 2.05) is 6.07 Å². The Labute approximate surface area is 144 Å². The van der Waals surface area contributed by atoms with E-state index in [4.69, 9.17) is 10.4 Å². The minimum absolute atomic E-state index is 0.0276. The molecule has 0 heterocycles. The van der Waals surface area contributed by atoms with Crippen molar-refractivity contribution in [2.75, 3.05) is 0 Å². The summed E-state index contributed by atoms with van der Waals surface area (Å²) in [6.45, 7) is 0. The smallest absolute Gasteiger partial charge is 0.225 e. The molecule has 25 heavy (non-hydrogen) atoms. The Balaban J connectivity index is 2.17. The van der Waals surface area contributed by atoms with Gasteiger partial charge in [0, 0.05) is 5.56 Å². The van der Waals surface area contributed by atoms with Crippen molar-refractivity contribution >= 4 is 21.2 Å². The molecular weight excluding hydrogens is 346 g/mol. The molecular formula is C18H14F2N2O2S. The highest BCUT2D eigenvalue weighted by Crippen LogP contribution is 2.41. The van der Waals surface area contributed by atoms with E-state index < -0.39 is 26.6 Å². The summed E-state index contributed by atoms with van der Waals surface area (Å²) in [5, 5.41) is 13.9. The van der Waals surface area contributed by atoms with Crippen molar-refractivity contribution < 1.29 is 17.2 Å². The maximum atomic E-state index is 14.5. The predicted octanol–water partition coefficient (Wildman–Crippen LogP) is 3.58. The molecule has 0 saturated heterocycles. The van der Waals surface area contributed by atoms with E-state index in [0.29, 0.717) is 30.0 Å². The van der Waals surface area contributed by atoms with Crippen molar-refractivity contribution in [1.82, 2.24) is 0 Å². The topological polar surface area (TPSA) is 83.9 Å². The number of rotatable bonds is 3. The van der Waals surface area contributed by atoms with Crippen LogP contribution in [-0.4, -0.2) is 8.42 Å². The van der Waals surface area contributed by atoms with Gasteiger partial charge in [-0.2, -0.15) is 5.26 Å². The minimum Gasteiger partial charge on any atom is -0.225 e. The van der Waals surface area contributed by atoms with Crippen LogP contribution in [0.3, 0.4) is 0 Å². The number of allylic oxidation sites excluding steroid dienone is 2. The Morgan fingerprint density at radius 2 is 1.76 bits per heavy atom. The molecule has 0 fully saturated rings. The van der Waals surface area contributed by atoms with Gasteiger partial charge in [-0.25, -0.2) is 22.3 Å². The van der Waals surface area contributed by atoms with E-state index in [-0.39, 0.29) is 5.56 Å². The number of sulfonamides is 1. The lowest BCUT2D eigenvalue weighted by Gasteiger charge is -2.11. The SMILES string of the molecule is N#Cc1cccc(C2=C(c3cc(F)c(S(N)(=O)=O)cc3F)CCC2)c1. The van der Waals surface area contributed by atoms with Gasteiger partial charge in [-0.1, -0.05) is 12.1 Å². The quantitative estimate of drug-likeness (QED) is 0.908. The molecule has 0 unspecified atom stereocenters. The van der Waals surface area contributed by atoms with E-state index in [2.05, 4.69) is 6.07 Å². The molecule has 0 bridgehead atoms. The molecule has 0 spiro atoms. The molecule has 0 amide bonds. The van der Waals surface area contributed by atoms with Gasteiger partial charge in [-0.05, 0) is 60.2 Å². The molecule has 0 saturated carbocycles. The van der Waals surface area contributed by atoms with Crippen LogP contribution >= 0.6 is 0 Å². The first-order chi connectivity index (χ1) is 11.8. The first-order valence-corrected chi connectivity index (χ1v) is 9.10. The van der Waals surface area contributed by atoms with Crippen LogP contribution in [0, 0.1) is 23.0 Å². The summed E-state index contributed by atoms with van der Waals surface area (Å²) in [6.07, 6.45) is 1.97. The normalized spacial score (nSPS) is 14.6. The maximum absolute atomic E-state index is 14.5. The maximum Gasteiger partial charge on any atom is 0.241 e. The standard InChI is InChI=1S/C18H14F2N2O2S/c19-16-9-18(25(22,23)24)17(20)8-15(16)14-6-2-5-13(14)12-4-1-3-11(7-12)10-21/h1,3-4,7-9H,2,5-6H2,(H2,22,23,24). The Hall–Kier alpha value is -2.56. The number of primary sulfonamides is 1. The number of nitriles is 1. The van der Waals surface area contributed by atoms with E-state index in [1.165, 1.54) is 0 Å². The molecule has 2 N–H and O–H groups in total. The zero-order chi connectivity index (χ0) is 18.2. The van der Waals surface area contributed by atoms with Gasteiger partial charge in [0.25, 0.3) is 0 Å². The van der Waals surface area contributed by atoms with Gasteiger partial charge in [-0.3, -0.25) is 0 Å². The molecule has 3 rings (SSSR count). The third kappa shape index (κ3) is 3.31. The Kier molecular flexibility index (Phi) is 4.41. The second kappa shape index (κ2) is 6.39. The molecule has 7 heteroatoms. The van der Waals surface area contributed by atoms with Crippen LogP contribution in [0.5, 0.6) is 0 Å². The average Bonchev–Trinajstić information content (AvgIpc) is 3.05. The fourth-order valence-corrected chi connectivity index (χ4v) is 3.71. The fraction of sp³-hybridized carbons (Fsp3) is 0.167. The molecule has 0 aliphatic heterocycles. The molecule has 1 aliphatic carbocycles. The zero-order valence-electron chi connectivity index (χ0n) is 13.1. The summed E-state index contributed by atoms with van der Waals surface area (Å²) >= 11 is 0. The Morgan fingerprint density at radius 1 is 1.04 bits per heavy atom. The lowest BCUT2D eigenvalue weighted by Crippen LogP contribution is -2.15. The number of nitrogens with two attached hydrogens (primary N) is 1. The Morgan fingerprint density at radius 3 is 2.44 bits per heavy atom. The molecule has 1 aliphatic rings. The van der Waals surface area contributed by atoms with Crippen LogP contribution in [-0.2, 0) is 10.0 Å². The third-order valence-corrected chi connectivity index (χ3v) is 5.14. The summed E-state index contributed by atoms with van der Waals surface area (Å²) in [6, 6.07) is 10.5. The zero-order valence-corrected chi connectivity index (χ0v) is 13.9. The van der Waals surface area contributed by atoms with Crippen molar-refractivity contribution in [2.24, 2.45) is 5.14 Å². The molecule has 2 aromatic rings. The molecule has 4 nitrogen and oxygen atoms in total. The summed E-state index contributed by atoms with van der Waals surface area (Å²) in [7, 11) is -4.34. The van der Waals surface area contributed by atoms with Crippen molar-refractivity contribution in [3.63, 3.8) is 0 Å². The number of hydrogen-bond acceptors (Lipinski definition) is 3. The summed E-state index contributed by atoms with van der Waals surface area (Å²) in [5.74, 6) is -1.92. The summed E-state index contributed by atoms with van der Waals surface area (Å²) in [4.78, 5) is -0.861. The average molecular weight is 360 g/mol. The van der Waals surface area contributed by atoms with E-state index in [1.54, 1.807) is 18.2 Å². The minimum atomic E-state index is -4.34. The Bertz CT molecular complexity index is 1040. The van der Waals surface area contributed by atoms with Gasteiger partial charge in [0.05, 0.1) is 11.6 Å². The van der Waals surface area contributed by atoms with Crippen LogP contribution in [0.1, 0.15) is 36.0 Å². The first-order valence-electron chi connectivity index (χ1n) is 7.56. The number of halogens is 2. The van der Waals surface area contributed by atoms with Crippen molar-refractivity contribution in [3.8, 4) is 6.07 Å². The van der Waals surface area contributed by atoms with E-state index in [9.17, 15) is 17.2 Å². The number of hydrogen-bond donors (Lipinski definition) is 1. The summed E-state index contributed by atoms with van der Waals surface area (Å²) in [5.41, 5.74) is 2.74. The lowest BCUT2D eigenvalue weighted by molar-refractivity contribution is 0.552. The van der Waals surface area contributed by atoms with Crippen LogP contribution in [0.2, 0.25) is 0 Å². The first kappa shape index (κ1) is 17.3. The number of benzene rings is 2. The van der Waals surface area contributed by atoms with Gasteiger partial charge in [0.2, 0.25) is 10.0 Å². The van der Waals surface area contributed by atoms with Crippen molar-refractivity contribution in [1.29, 1.82) is 5.26 Å². The highest BCUT2D eigenvalue weighted by atomic mass is 32.2. The van der Waals surface area contributed by atoms with Crippen molar-refractivity contribution in [2.45, 2.75) is 24.2 Å². The molecule has 0 atom stereocenters.